The lowest BCUT2D eigenvalue weighted by molar-refractivity contribution is -0.146. The fourth-order valence-electron chi connectivity index (χ4n) is 2.68. The van der Waals surface area contributed by atoms with Crippen LogP contribution in [0.15, 0.2) is 0 Å². The first-order valence-electron chi connectivity index (χ1n) is 5.23. The SMILES string of the molecule is CCOC(=O)[C@H]1NC[C@@H]2CCC[C@@H]21.Cl. The third-order valence-corrected chi connectivity index (χ3v) is 3.29. The number of rotatable bonds is 2. The Morgan fingerprint density at radius 2 is 2.29 bits per heavy atom. The summed E-state index contributed by atoms with van der Waals surface area (Å²) >= 11 is 0. The van der Waals surface area contributed by atoms with Crippen LogP contribution in [0, 0.1) is 11.8 Å². The molecule has 1 heterocycles. The second kappa shape index (κ2) is 4.99. The second-order valence-corrected chi connectivity index (χ2v) is 3.99. The van der Waals surface area contributed by atoms with E-state index >= 15 is 0 Å². The lowest BCUT2D eigenvalue weighted by Crippen LogP contribution is -2.37. The van der Waals surface area contributed by atoms with Gasteiger partial charge in [-0.25, -0.2) is 0 Å². The van der Waals surface area contributed by atoms with Crippen molar-refractivity contribution in [1.29, 1.82) is 0 Å². The fraction of sp³-hybridized carbons (Fsp3) is 0.900. The third kappa shape index (κ3) is 2.04. The molecule has 0 bridgehead atoms. The molecule has 2 rings (SSSR count). The number of fused-ring (bicyclic) bond motifs is 1. The van der Waals surface area contributed by atoms with Crippen LogP contribution in [0.4, 0.5) is 0 Å². The monoisotopic (exact) mass is 219 g/mol. The Morgan fingerprint density at radius 3 is 3.00 bits per heavy atom. The van der Waals surface area contributed by atoms with Gasteiger partial charge in [0, 0.05) is 0 Å². The maximum absolute atomic E-state index is 11.5. The molecular formula is C10H18ClNO2. The van der Waals surface area contributed by atoms with Gasteiger partial charge in [0.1, 0.15) is 6.04 Å². The maximum Gasteiger partial charge on any atom is 0.323 e. The zero-order valence-corrected chi connectivity index (χ0v) is 9.31. The number of hydrogen-bond donors (Lipinski definition) is 1. The van der Waals surface area contributed by atoms with Crippen molar-refractivity contribution in [3.63, 3.8) is 0 Å². The quantitative estimate of drug-likeness (QED) is 0.713. The van der Waals surface area contributed by atoms with Gasteiger partial charge in [-0.15, -0.1) is 12.4 Å². The standard InChI is InChI=1S/C10H17NO2.ClH/c1-2-13-10(12)9-8-5-3-4-7(8)6-11-9;/h7-9,11H,2-6H2,1H3;1H/t7-,8-,9-;/m0./s1. The summed E-state index contributed by atoms with van der Waals surface area (Å²) in [6.07, 6.45) is 3.77. The number of carbonyl (C=O) groups excluding carboxylic acids is 1. The fourth-order valence-corrected chi connectivity index (χ4v) is 2.68. The molecule has 0 radical (unpaired) electrons. The lowest BCUT2D eigenvalue weighted by atomic mass is 9.94. The van der Waals surface area contributed by atoms with Crippen LogP contribution in [-0.2, 0) is 9.53 Å². The Kier molecular flexibility index (Phi) is 4.20. The van der Waals surface area contributed by atoms with Crippen LogP contribution in [0.3, 0.4) is 0 Å². The van der Waals surface area contributed by atoms with Crippen molar-refractivity contribution in [2.45, 2.75) is 32.2 Å². The van der Waals surface area contributed by atoms with Gasteiger partial charge in [0.2, 0.25) is 0 Å². The van der Waals surface area contributed by atoms with Gasteiger partial charge >= 0.3 is 5.97 Å². The Balaban J connectivity index is 0.000000980. The summed E-state index contributed by atoms with van der Waals surface area (Å²) in [4.78, 5) is 11.5. The number of esters is 1. The molecule has 82 valence electrons. The molecule has 0 amide bonds. The van der Waals surface area contributed by atoms with E-state index in [0.717, 1.165) is 12.5 Å². The van der Waals surface area contributed by atoms with Gasteiger partial charge in [-0.05, 0) is 38.1 Å². The molecule has 14 heavy (non-hydrogen) atoms. The van der Waals surface area contributed by atoms with Crippen LogP contribution in [0.1, 0.15) is 26.2 Å². The Bertz CT molecular complexity index is 210. The van der Waals surface area contributed by atoms with E-state index in [9.17, 15) is 4.79 Å². The molecule has 0 aromatic heterocycles. The topological polar surface area (TPSA) is 38.3 Å². The highest BCUT2D eigenvalue weighted by Gasteiger charge is 2.42. The number of nitrogens with one attached hydrogen (secondary N) is 1. The van der Waals surface area contributed by atoms with Crippen LogP contribution in [0.25, 0.3) is 0 Å². The summed E-state index contributed by atoms with van der Waals surface area (Å²) in [5.74, 6) is 1.24. The van der Waals surface area contributed by atoms with Gasteiger partial charge in [-0.3, -0.25) is 4.79 Å². The van der Waals surface area contributed by atoms with Gasteiger partial charge in [0.05, 0.1) is 6.61 Å². The van der Waals surface area contributed by atoms with Crippen LogP contribution in [0.2, 0.25) is 0 Å². The predicted octanol–water partition coefficient (Wildman–Crippen LogP) is 1.36. The smallest absolute Gasteiger partial charge is 0.323 e. The lowest BCUT2D eigenvalue weighted by Gasteiger charge is -2.15. The minimum atomic E-state index is -0.0445. The summed E-state index contributed by atoms with van der Waals surface area (Å²) < 4.78 is 5.03. The second-order valence-electron chi connectivity index (χ2n) is 3.99. The highest BCUT2D eigenvalue weighted by molar-refractivity contribution is 5.85. The Morgan fingerprint density at radius 1 is 1.50 bits per heavy atom. The Hall–Kier alpha value is -0.280. The largest absolute Gasteiger partial charge is 0.465 e. The van der Waals surface area contributed by atoms with Gasteiger partial charge in [-0.2, -0.15) is 0 Å². The summed E-state index contributed by atoms with van der Waals surface area (Å²) in [7, 11) is 0. The van der Waals surface area contributed by atoms with E-state index in [1.54, 1.807) is 0 Å². The molecule has 0 spiro atoms. The summed E-state index contributed by atoms with van der Waals surface area (Å²) in [6.45, 7) is 3.36. The van der Waals surface area contributed by atoms with Crippen molar-refractivity contribution in [2.24, 2.45) is 11.8 Å². The van der Waals surface area contributed by atoms with E-state index in [4.69, 9.17) is 4.74 Å². The number of hydrogen-bond acceptors (Lipinski definition) is 3. The number of carbonyl (C=O) groups is 1. The molecular weight excluding hydrogens is 202 g/mol. The minimum Gasteiger partial charge on any atom is -0.465 e. The van der Waals surface area contributed by atoms with Crippen molar-refractivity contribution in [2.75, 3.05) is 13.2 Å². The van der Waals surface area contributed by atoms with Crippen molar-refractivity contribution >= 4 is 18.4 Å². The molecule has 4 heteroatoms. The van der Waals surface area contributed by atoms with Crippen LogP contribution < -0.4 is 5.32 Å². The highest BCUT2D eigenvalue weighted by Crippen LogP contribution is 2.37. The number of ether oxygens (including phenoxy) is 1. The van der Waals surface area contributed by atoms with E-state index < -0.39 is 0 Å². The first-order chi connectivity index (χ1) is 6.33. The molecule has 1 aliphatic heterocycles. The van der Waals surface area contributed by atoms with Crippen LogP contribution in [0.5, 0.6) is 0 Å². The van der Waals surface area contributed by atoms with E-state index in [0.29, 0.717) is 12.5 Å². The van der Waals surface area contributed by atoms with Crippen molar-refractivity contribution < 1.29 is 9.53 Å². The molecule has 3 atom stereocenters. The third-order valence-electron chi connectivity index (χ3n) is 3.29. The number of halogens is 1. The average molecular weight is 220 g/mol. The van der Waals surface area contributed by atoms with E-state index in [1.807, 2.05) is 6.92 Å². The highest BCUT2D eigenvalue weighted by atomic mass is 35.5. The molecule has 0 unspecified atom stereocenters. The molecule has 1 N–H and O–H groups in total. The Labute approximate surface area is 91.0 Å². The summed E-state index contributed by atoms with van der Waals surface area (Å²) in [6, 6.07) is -0.00699. The molecule has 1 saturated heterocycles. The molecule has 0 aromatic rings. The molecule has 3 nitrogen and oxygen atoms in total. The molecule has 1 aliphatic carbocycles. The van der Waals surface area contributed by atoms with Crippen molar-refractivity contribution in [3.05, 3.63) is 0 Å². The minimum absolute atomic E-state index is 0. The van der Waals surface area contributed by atoms with Gasteiger partial charge in [0.15, 0.2) is 0 Å². The van der Waals surface area contributed by atoms with E-state index in [2.05, 4.69) is 5.32 Å². The van der Waals surface area contributed by atoms with Crippen molar-refractivity contribution in [3.8, 4) is 0 Å². The summed E-state index contributed by atoms with van der Waals surface area (Å²) in [5, 5.41) is 3.27. The average Bonchev–Trinajstić information content (AvgIpc) is 2.62. The maximum atomic E-state index is 11.5. The van der Waals surface area contributed by atoms with Gasteiger partial charge in [0.25, 0.3) is 0 Å². The summed E-state index contributed by atoms with van der Waals surface area (Å²) in [5.41, 5.74) is 0. The first kappa shape index (κ1) is 11.8. The first-order valence-corrected chi connectivity index (χ1v) is 5.23. The van der Waals surface area contributed by atoms with Crippen LogP contribution in [-0.4, -0.2) is 25.2 Å². The molecule has 0 aromatic carbocycles. The van der Waals surface area contributed by atoms with E-state index in [1.165, 1.54) is 19.3 Å². The molecule has 1 saturated carbocycles. The van der Waals surface area contributed by atoms with Crippen LogP contribution >= 0.6 is 12.4 Å². The van der Waals surface area contributed by atoms with E-state index in [-0.39, 0.29) is 24.4 Å². The van der Waals surface area contributed by atoms with Gasteiger partial charge < -0.3 is 10.1 Å². The normalized spacial score (nSPS) is 34.8. The molecule has 2 aliphatic rings. The van der Waals surface area contributed by atoms with Crippen molar-refractivity contribution in [1.82, 2.24) is 5.32 Å². The molecule has 2 fully saturated rings. The predicted molar refractivity (Wildman–Crippen MR) is 56.5 cm³/mol. The zero-order valence-electron chi connectivity index (χ0n) is 8.49. The van der Waals surface area contributed by atoms with Gasteiger partial charge in [-0.1, -0.05) is 6.42 Å². The zero-order chi connectivity index (χ0) is 9.26.